The third kappa shape index (κ3) is 49.3. The lowest BCUT2D eigenvalue weighted by molar-refractivity contribution is -0.139. The summed E-state index contributed by atoms with van der Waals surface area (Å²) in [6.07, 6.45) is 10.8. The summed E-state index contributed by atoms with van der Waals surface area (Å²) < 4.78 is 0. The fourth-order valence-electron chi connectivity index (χ4n) is 3.16. The molecule has 0 aromatic heterocycles. The minimum Gasteiger partial charge on any atom is -0.480 e. The minimum atomic E-state index is -0.933. The molecule has 0 aliphatic rings. The molecular weight excluding hydrogens is 660 g/mol. The fourth-order valence-corrected chi connectivity index (χ4v) is 3.16. The Balaban J connectivity index is -0.000000169. The third-order valence-electron chi connectivity index (χ3n) is 6.43. The zero-order valence-electron chi connectivity index (χ0n) is 29.6. The van der Waals surface area contributed by atoms with Gasteiger partial charge in [-0.2, -0.15) is 0 Å². The van der Waals surface area contributed by atoms with Gasteiger partial charge in [-0.3, -0.25) is 24.0 Å². The van der Waals surface area contributed by atoms with Crippen LogP contribution in [0.25, 0.3) is 0 Å². The number of hydrogen-bond acceptors (Lipinski definition) is 15. The Morgan fingerprint density at radius 2 is 0.420 bits per heavy atom. The van der Waals surface area contributed by atoms with E-state index in [9.17, 15) is 24.0 Å². The smallest absolute Gasteiger partial charge is 0.320 e. The summed E-state index contributed by atoms with van der Waals surface area (Å²) in [7, 11) is 0. The van der Waals surface area contributed by atoms with Gasteiger partial charge in [-0.1, -0.05) is 32.1 Å². The highest BCUT2D eigenvalue weighted by molar-refractivity contribution is 5.74. The maximum atomic E-state index is 10.1. The molecule has 5 unspecified atom stereocenters. The van der Waals surface area contributed by atoms with E-state index in [1.807, 2.05) is 0 Å². The summed E-state index contributed by atoms with van der Waals surface area (Å²) >= 11 is 0. The van der Waals surface area contributed by atoms with Gasteiger partial charge < -0.3 is 82.9 Å². The highest BCUT2D eigenvalue weighted by atomic mass is 16.4. The van der Waals surface area contributed by atoms with Crippen LogP contribution in [-0.4, -0.2) is 118 Å². The van der Waals surface area contributed by atoms with Crippen LogP contribution in [0.2, 0.25) is 0 Å². The molecule has 50 heavy (non-hydrogen) atoms. The standard InChI is InChI=1S/5C6H14N2O2/c5*7-4-2-1-3-5(8)6(9)10/h5*5H,1-4,7-8H2,(H,9,10). The first-order chi connectivity index (χ1) is 23.4. The maximum Gasteiger partial charge on any atom is 0.320 e. The average molecular weight is 731 g/mol. The molecule has 5 atom stereocenters. The predicted octanol–water partition coefficient (Wildman–Crippen LogP) is -2.36. The summed E-state index contributed by atoms with van der Waals surface area (Å²) in [5.74, 6) is -4.67. The lowest BCUT2D eigenvalue weighted by Crippen LogP contribution is -2.29. The molecule has 25 N–H and O–H groups in total. The molecule has 0 aromatic carbocycles. The Hall–Kier alpha value is -3.05. The van der Waals surface area contributed by atoms with Gasteiger partial charge in [0.15, 0.2) is 0 Å². The quantitative estimate of drug-likeness (QED) is 0.0436. The first-order valence-corrected chi connectivity index (χ1v) is 16.8. The van der Waals surface area contributed by atoms with E-state index < -0.39 is 60.1 Å². The van der Waals surface area contributed by atoms with Crippen molar-refractivity contribution in [1.82, 2.24) is 0 Å². The molecule has 0 aromatic rings. The van der Waals surface area contributed by atoms with Crippen molar-refractivity contribution >= 4 is 29.8 Å². The Morgan fingerprint density at radius 3 is 0.500 bits per heavy atom. The Morgan fingerprint density at radius 1 is 0.300 bits per heavy atom. The van der Waals surface area contributed by atoms with Gasteiger partial charge in [0.1, 0.15) is 30.2 Å². The molecular formula is C30H70N10O10. The number of rotatable bonds is 25. The van der Waals surface area contributed by atoms with Crippen molar-refractivity contribution in [3.63, 3.8) is 0 Å². The van der Waals surface area contributed by atoms with E-state index in [4.69, 9.17) is 82.9 Å². The molecule has 0 saturated heterocycles. The Bertz CT molecular complexity index is 681. The molecule has 300 valence electrons. The van der Waals surface area contributed by atoms with Crippen molar-refractivity contribution in [2.75, 3.05) is 32.7 Å². The topological polar surface area (TPSA) is 447 Å². The molecule has 0 aliphatic carbocycles. The number of carboxylic acid groups (broad SMARTS) is 5. The van der Waals surface area contributed by atoms with Crippen LogP contribution in [0.3, 0.4) is 0 Å². The van der Waals surface area contributed by atoms with Gasteiger partial charge in [0.25, 0.3) is 0 Å². The van der Waals surface area contributed by atoms with Gasteiger partial charge >= 0.3 is 29.8 Å². The SMILES string of the molecule is NCCCCC(N)C(=O)O.NCCCCC(N)C(=O)O.NCCCCC(N)C(=O)O.NCCCCC(N)C(=O)O.NCCCCC(N)C(=O)O. The van der Waals surface area contributed by atoms with Crippen LogP contribution in [0, 0.1) is 0 Å². The number of unbranched alkanes of at least 4 members (excludes halogenated alkanes) is 5. The van der Waals surface area contributed by atoms with E-state index in [1.165, 1.54) is 0 Å². The zero-order valence-corrected chi connectivity index (χ0v) is 29.6. The number of nitrogens with two attached hydrogens (primary N) is 10. The summed E-state index contributed by atoms with van der Waals surface area (Å²) in [6, 6.07) is -3.58. The number of carbonyl (C=O) groups is 5. The summed E-state index contributed by atoms with van der Waals surface area (Å²) in [6.45, 7) is 3.02. The van der Waals surface area contributed by atoms with Gasteiger partial charge in [0.05, 0.1) is 0 Å². The molecule has 0 spiro atoms. The molecule has 0 radical (unpaired) electrons. The summed E-state index contributed by atoms with van der Waals surface area (Å²) in [5, 5.41) is 41.6. The minimum absolute atomic E-state index is 0.520. The van der Waals surface area contributed by atoms with E-state index in [1.54, 1.807) is 0 Å². The van der Waals surface area contributed by atoms with Crippen LogP contribution in [0.4, 0.5) is 0 Å². The highest BCUT2D eigenvalue weighted by Gasteiger charge is 2.12. The van der Waals surface area contributed by atoms with Crippen molar-refractivity contribution in [1.29, 1.82) is 0 Å². The summed E-state index contributed by atoms with van der Waals surface area (Å²) in [4.78, 5) is 50.7. The second kappa shape index (κ2) is 42.1. The van der Waals surface area contributed by atoms with E-state index in [-0.39, 0.29) is 0 Å². The van der Waals surface area contributed by atoms with E-state index in [0.717, 1.165) is 64.2 Å². The van der Waals surface area contributed by atoms with Gasteiger partial charge in [-0.05, 0) is 96.9 Å². The van der Waals surface area contributed by atoms with E-state index >= 15 is 0 Å². The van der Waals surface area contributed by atoms with Crippen LogP contribution in [0.5, 0.6) is 0 Å². The Kier molecular flexibility index (Phi) is 47.5. The van der Waals surface area contributed by atoms with Crippen molar-refractivity contribution in [3.8, 4) is 0 Å². The lowest BCUT2D eigenvalue weighted by atomic mass is 10.1. The molecule has 0 amide bonds. The Labute approximate surface area is 296 Å². The molecule has 0 rings (SSSR count). The van der Waals surface area contributed by atoms with Crippen LogP contribution in [0.1, 0.15) is 96.3 Å². The molecule has 0 fully saturated rings. The molecule has 0 saturated carbocycles. The first-order valence-electron chi connectivity index (χ1n) is 16.8. The molecule has 0 heterocycles. The van der Waals surface area contributed by atoms with Gasteiger partial charge in [0, 0.05) is 0 Å². The summed E-state index contributed by atoms with van der Waals surface area (Å²) in [5.41, 5.74) is 52.1. The monoisotopic (exact) mass is 731 g/mol. The highest BCUT2D eigenvalue weighted by Crippen LogP contribution is 1.99. The van der Waals surface area contributed by atoms with Crippen LogP contribution < -0.4 is 57.3 Å². The van der Waals surface area contributed by atoms with E-state index in [2.05, 4.69) is 0 Å². The van der Waals surface area contributed by atoms with Crippen molar-refractivity contribution < 1.29 is 49.5 Å². The van der Waals surface area contributed by atoms with Gasteiger partial charge in [-0.15, -0.1) is 0 Å². The van der Waals surface area contributed by atoms with Crippen molar-refractivity contribution in [2.24, 2.45) is 57.3 Å². The van der Waals surface area contributed by atoms with E-state index in [0.29, 0.717) is 64.8 Å². The molecule has 0 aliphatic heterocycles. The van der Waals surface area contributed by atoms with Crippen LogP contribution >= 0.6 is 0 Å². The molecule has 0 bridgehead atoms. The average Bonchev–Trinajstić information content (AvgIpc) is 3.06. The lowest BCUT2D eigenvalue weighted by Gasteiger charge is -2.03. The number of hydrogen-bond donors (Lipinski definition) is 15. The normalized spacial score (nSPS) is 13.0. The van der Waals surface area contributed by atoms with Gasteiger partial charge in [0.2, 0.25) is 0 Å². The first kappa shape index (κ1) is 56.3. The third-order valence-corrected chi connectivity index (χ3v) is 6.43. The second-order valence-corrected chi connectivity index (χ2v) is 11.1. The van der Waals surface area contributed by atoms with Crippen LogP contribution in [-0.2, 0) is 24.0 Å². The van der Waals surface area contributed by atoms with Crippen LogP contribution in [0.15, 0.2) is 0 Å². The second-order valence-electron chi connectivity index (χ2n) is 11.1. The van der Waals surface area contributed by atoms with Crippen molar-refractivity contribution in [2.45, 2.75) is 127 Å². The predicted molar refractivity (Wildman–Crippen MR) is 193 cm³/mol. The van der Waals surface area contributed by atoms with Gasteiger partial charge in [-0.25, -0.2) is 0 Å². The molecule has 20 heteroatoms. The number of aliphatic carboxylic acids is 5. The maximum absolute atomic E-state index is 10.1. The molecule has 20 nitrogen and oxygen atoms in total. The number of carboxylic acids is 5. The fraction of sp³-hybridized carbons (Fsp3) is 0.833. The zero-order chi connectivity index (χ0) is 39.9. The largest absolute Gasteiger partial charge is 0.480 e. The van der Waals surface area contributed by atoms with Crippen molar-refractivity contribution in [3.05, 3.63) is 0 Å².